The van der Waals surface area contributed by atoms with Crippen LogP contribution in [0.4, 0.5) is 9.18 Å². The Morgan fingerprint density at radius 1 is 1.45 bits per heavy atom. The molecule has 5 nitrogen and oxygen atoms in total. The van der Waals surface area contributed by atoms with Crippen molar-refractivity contribution in [2.45, 2.75) is 12.8 Å². The zero-order valence-corrected chi connectivity index (χ0v) is 12.6. The summed E-state index contributed by atoms with van der Waals surface area (Å²) in [4.78, 5) is 23.3. The zero-order chi connectivity index (χ0) is 15.1. The van der Waals surface area contributed by atoms with Crippen LogP contribution in [-0.2, 0) is 11.2 Å². The van der Waals surface area contributed by atoms with Crippen LogP contribution in [0.2, 0.25) is 0 Å². The summed E-state index contributed by atoms with van der Waals surface area (Å²) >= 11 is 3.10. The molecule has 1 aromatic rings. The minimum Gasteiger partial charge on any atom is -0.481 e. The molecule has 0 aliphatic rings. The molecule has 1 rings (SSSR count). The fourth-order valence-electron chi connectivity index (χ4n) is 1.51. The molecule has 0 radical (unpaired) electrons. The Morgan fingerprint density at radius 2 is 2.15 bits per heavy atom. The first-order valence-corrected chi connectivity index (χ1v) is 6.84. The number of halogens is 2. The van der Waals surface area contributed by atoms with Crippen molar-refractivity contribution in [3.05, 3.63) is 34.1 Å². The van der Waals surface area contributed by atoms with Crippen molar-refractivity contribution in [3.8, 4) is 0 Å². The molecule has 0 heterocycles. The molecule has 0 aromatic heterocycles. The average molecular weight is 347 g/mol. The Bertz CT molecular complexity index is 497. The topological polar surface area (TPSA) is 69.6 Å². The third kappa shape index (κ3) is 5.56. The van der Waals surface area contributed by atoms with Crippen LogP contribution in [0.15, 0.2) is 22.7 Å². The number of carboxylic acid groups (broad SMARTS) is 1. The second-order valence-electron chi connectivity index (χ2n) is 4.30. The van der Waals surface area contributed by atoms with Gasteiger partial charge in [-0.2, -0.15) is 0 Å². The lowest BCUT2D eigenvalue weighted by molar-refractivity contribution is -0.137. The van der Waals surface area contributed by atoms with Gasteiger partial charge in [0, 0.05) is 20.1 Å². The van der Waals surface area contributed by atoms with Gasteiger partial charge in [0.2, 0.25) is 0 Å². The first-order chi connectivity index (χ1) is 9.40. The van der Waals surface area contributed by atoms with Crippen molar-refractivity contribution < 1.29 is 19.1 Å². The van der Waals surface area contributed by atoms with Crippen LogP contribution in [0.1, 0.15) is 12.0 Å². The van der Waals surface area contributed by atoms with Crippen molar-refractivity contribution in [2.24, 2.45) is 0 Å². The molecule has 0 aliphatic carbocycles. The number of urea groups is 1. The second-order valence-corrected chi connectivity index (χ2v) is 5.15. The lowest BCUT2D eigenvalue weighted by Crippen LogP contribution is -2.39. The SMILES string of the molecule is CN(CCC(=O)O)C(=O)NCCc1ccc(F)c(Br)c1. The quantitative estimate of drug-likeness (QED) is 0.829. The van der Waals surface area contributed by atoms with Crippen molar-refractivity contribution in [1.29, 1.82) is 0 Å². The zero-order valence-electron chi connectivity index (χ0n) is 11.0. The third-order valence-corrected chi connectivity index (χ3v) is 3.29. The van der Waals surface area contributed by atoms with Crippen LogP contribution in [-0.4, -0.2) is 42.1 Å². The fourth-order valence-corrected chi connectivity index (χ4v) is 1.93. The molecule has 110 valence electrons. The van der Waals surface area contributed by atoms with E-state index in [1.165, 1.54) is 18.0 Å². The van der Waals surface area contributed by atoms with Crippen LogP contribution in [0, 0.1) is 5.82 Å². The Labute approximate surface area is 124 Å². The first-order valence-electron chi connectivity index (χ1n) is 6.05. The molecule has 0 aliphatic heterocycles. The van der Waals surface area contributed by atoms with Gasteiger partial charge in [0.05, 0.1) is 10.9 Å². The largest absolute Gasteiger partial charge is 0.481 e. The van der Waals surface area contributed by atoms with Gasteiger partial charge in [0.25, 0.3) is 0 Å². The average Bonchev–Trinajstić information content (AvgIpc) is 2.39. The number of amides is 2. The van der Waals surface area contributed by atoms with Crippen molar-refractivity contribution in [2.75, 3.05) is 20.1 Å². The number of nitrogens with one attached hydrogen (secondary N) is 1. The van der Waals surface area contributed by atoms with Gasteiger partial charge in [-0.25, -0.2) is 9.18 Å². The summed E-state index contributed by atoms with van der Waals surface area (Å²) in [6.45, 7) is 0.553. The molecule has 2 N–H and O–H groups in total. The highest BCUT2D eigenvalue weighted by Gasteiger charge is 2.09. The molecule has 0 unspecified atom stereocenters. The molecule has 0 fully saturated rings. The number of carbonyl (C=O) groups is 2. The minimum atomic E-state index is -0.944. The first kappa shape index (κ1) is 16.4. The number of nitrogens with zero attached hydrogens (tertiary/aromatic N) is 1. The molecule has 0 saturated heterocycles. The highest BCUT2D eigenvalue weighted by atomic mass is 79.9. The van der Waals surface area contributed by atoms with E-state index in [2.05, 4.69) is 21.2 Å². The third-order valence-electron chi connectivity index (χ3n) is 2.68. The molecule has 20 heavy (non-hydrogen) atoms. The number of benzene rings is 1. The number of carbonyl (C=O) groups excluding carboxylic acids is 1. The second kappa shape index (κ2) is 7.84. The molecule has 0 spiro atoms. The molecule has 7 heteroatoms. The number of rotatable bonds is 6. The molecule has 1 aromatic carbocycles. The molecule has 0 saturated carbocycles. The maximum atomic E-state index is 13.0. The van der Waals surface area contributed by atoms with E-state index in [4.69, 9.17) is 5.11 Å². The summed E-state index contributed by atoms with van der Waals surface area (Å²) in [5.74, 6) is -1.27. The smallest absolute Gasteiger partial charge is 0.317 e. The van der Waals surface area contributed by atoms with Crippen LogP contribution >= 0.6 is 15.9 Å². The Balaban J connectivity index is 2.34. The lowest BCUT2D eigenvalue weighted by Gasteiger charge is -2.16. The van der Waals surface area contributed by atoms with Crippen molar-refractivity contribution in [3.63, 3.8) is 0 Å². The van der Waals surface area contributed by atoms with E-state index in [0.29, 0.717) is 17.4 Å². The van der Waals surface area contributed by atoms with Gasteiger partial charge in [0.15, 0.2) is 0 Å². The van der Waals surface area contributed by atoms with E-state index in [0.717, 1.165) is 5.56 Å². The van der Waals surface area contributed by atoms with Gasteiger partial charge in [0.1, 0.15) is 5.82 Å². The fraction of sp³-hybridized carbons (Fsp3) is 0.385. The standard InChI is InChI=1S/C13H16BrFN2O3/c1-17(7-5-12(18)19)13(20)16-6-4-9-2-3-11(15)10(14)8-9/h2-3,8H,4-7H2,1H3,(H,16,20)(H,18,19). The van der Waals surface area contributed by atoms with E-state index in [9.17, 15) is 14.0 Å². The molecule has 0 atom stereocenters. The maximum Gasteiger partial charge on any atom is 0.317 e. The highest BCUT2D eigenvalue weighted by Crippen LogP contribution is 2.16. The van der Waals surface area contributed by atoms with Gasteiger partial charge in [-0.1, -0.05) is 6.07 Å². The van der Waals surface area contributed by atoms with Crippen LogP contribution < -0.4 is 5.32 Å². The Morgan fingerprint density at radius 3 is 2.75 bits per heavy atom. The van der Waals surface area contributed by atoms with Gasteiger partial charge in [-0.15, -0.1) is 0 Å². The summed E-state index contributed by atoms with van der Waals surface area (Å²) in [6.07, 6.45) is 0.478. The number of carboxylic acids is 1. The monoisotopic (exact) mass is 346 g/mol. The molecule has 0 bridgehead atoms. The van der Waals surface area contributed by atoms with Crippen LogP contribution in [0.3, 0.4) is 0 Å². The Kier molecular flexibility index (Phi) is 6.44. The number of hydrogen-bond donors (Lipinski definition) is 2. The summed E-state index contributed by atoms with van der Waals surface area (Å²) in [5.41, 5.74) is 0.895. The van der Waals surface area contributed by atoms with Gasteiger partial charge < -0.3 is 15.3 Å². The maximum absolute atomic E-state index is 13.0. The van der Waals surface area contributed by atoms with Crippen molar-refractivity contribution >= 4 is 27.9 Å². The van der Waals surface area contributed by atoms with Gasteiger partial charge >= 0.3 is 12.0 Å². The normalized spacial score (nSPS) is 10.2. The van der Waals surface area contributed by atoms with E-state index in [-0.39, 0.29) is 24.8 Å². The van der Waals surface area contributed by atoms with E-state index >= 15 is 0 Å². The highest BCUT2D eigenvalue weighted by molar-refractivity contribution is 9.10. The van der Waals surface area contributed by atoms with Crippen LogP contribution in [0.5, 0.6) is 0 Å². The van der Waals surface area contributed by atoms with E-state index in [1.807, 2.05) is 0 Å². The van der Waals surface area contributed by atoms with E-state index < -0.39 is 5.97 Å². The summed E-state index contributed by atoms with van der Waals surface area (Å²) in [5, 5.41) is 11.2. The van der Waals surface area contributed by atoms with Crippen molar-refractivity contribution in [1.82, 2.24) is 10.2 Å². The molecule has 2 amide bonds. The van der Waals surface area contributed by atoms with Gasteiger partial charge in [-0.05, 0) is 40.0 Å². The summed E-state index contributed by atoms with van der Waals surface area (Å²) in [6, 6.07) is 4.35. The van der Waals surface area contributed by atoms with E-state index in [1.54, 1.807) is 12.1 Å². The Hall–Kier alpha value is -1.63. The predicted molar refractivity (Wildman–Crippen MR) is 76.1 cm³/mol. The summed E-state index contributed by atoms with van der Waals surface area (Å²) in [7, 11) is 1.53. The predicted octanol–water partition coefficient (Wildman–Crippen LogP) is 2.25. The minimum absolute atomic E-state index is 0.0885. The molecular formula is C13H16BrFN2O3. The summed E-state index contributed by atoms with van der Waals surface area (Å²) < 4.78 is 13.4. The molecular weight excluding hydrogens is 331 g/mol. The van der Waals surface area contributed by atoms with Crippen LogP contribution in [0.25, 0.3) is 0 Å². The lowest BCUT2D eigenvalue weighted by atomic mass is 10.1. The van der Waals surface area contributed by atoms with Gasteiger partial charge in [-0.3, -0.25) is 4.79 Å². The number of hydrogen-bond acceptors (Lipinski definition) is 2. The number of aliphatic carboxylic acids is 1.